The number of aromatic nitrogens is 2. The highest BCUT2D eigenvalue weighted by Crippen LogP contribution is 2.47. The third-order valence-electron chi connectivity index (χ3n) is 6.41. The fourth-order valence-electron chi connectivity index (χ4n) is 4.85. The lowest BCUT2D eigenvalue weighted by Crippen LogP contribution is -2.29. The summed E-state index contributed by atoms with van der Waals surface area (Å²) in [5, 5.41) is 18.4. The number of nitrogens with zero attached hydrogens (tertiary/aromatic N) is 2. The second kappa shape index (κ2) is 9.89. The minimum atomic E-state index is -0.505. The Morgan fingerprint density at radius 2 is 2.03 bits per heavy atom. The largest absolute Gasteiger partial charge is 0.507 e. The van der Waals surface area contributed by atoms with Gasteiger partial charge >= 0.3 is 0 Å². The number of amides is 1. The first-order valence-corrected chi connectivity index (χ1v) is 12.2. The number of phenols is 1. The highest BCUT2D eigenvalue weighted by Gasteiger charge is 2.43. The maximum absolute atomic E-state index is 13.7. The molecule has 0 fully saturated rings. The molecule has 0 saturated heterocycles. The molecule has 1 atom stereocenters. The molecule has 0 bridgehead atoms. The monoisotopic (exact) mass is 499 g/mol. The summed E-state index contributed by atoms with van der Waals surface area (Å²) in [5.41, 5.74) is 4.72. The smallest absolute Gasteiger partial charge is 0.273 e. The summed E-state index contributed by atoms with van der Waals surface area (Å²) in [5.74, 6) is 1.75. The maximum atomic E-state index is 13.7. The third-order valence-corrected chi connectivity index (χ3v) is 6.41. The average Bonchev–Trinajstić information content (AvgIpc) is 3.60. The number of furan rings is 1. The fraction of sp³-hybridized carbons (Fsp3) is 0.241. The number of phenolic OH excluding ortho intramolecular Hbond substituents is 1. The number of H-pyrrole nitrogens is 1. The van der Waals surface area contributed by atoms with Gasteiger partial charge in [-0.15, -0.1) is 0 Å². The quantitative estimate of drug-likeness (QED) is 0.287. The number of nitrogens with one attached hydrogen (secondary N) is 1. The second-order valence-electron chi connectivity index (χ2n) is 8.99. The number of carbonyl (C=O) groups is 1. The molecule has 2 aromatic carbocycles. The van der Waals surface area contributed by atoms with E-state index in [0.717, 1.165) is 16.7 Å². The number of hydrogen-bond donors (Lipinski definition) is 2. The molecular weight excluding hydrogens is 470 g/mol. The molecule has 1 aliphatic heterocycles. The van der Waals surface area contributed by atoms with E-state index in [9.17, 15) is 9.90 Å². The molecule has 8 heteroatoms. The van der Waals surface area contributed by atoms with Crippen molar-refractivity contribution in [2.45, 2.75) is 33.4 Å². The molecule has 5 rings (SSSR count). The van der Waals surface area contributed by atoms with Crippen molar-refractivity contribution in [3.63, 3.8) is 0 Å². The van der Waals surface area contributed by atoms with E-state index in [1.54, 1.807) is 23.3 Å². The zero-order chi connectivity index (χ0) is 26.1. The maximum Gasteiger partial charge on any atom is 0.273 e. The Bertz CT molecular complexity index is 1450. The van der Waals surface area contributed by atoms with Gasteiger partial charge in [-0.3, -0.25) is 9.89 Å². The number of hydrogen-bond acceptors (Lipinski definition) is 6. The minimum Gasteiger partial charge on any atom is -0.507 e. The minimum absolute atomic E-state index is 0.138. The van der Waals surface area contributed by atoms with E-state index in [4.69, 9.17) is 13.9 Å². The molecule has 190 valence electrons. The van der Waals surface area contributed by atoms with Crippen LogP contribution in [0.1, 0.15) is 51.5 Å². The van der Waals surface area contributed by atoms with Gasteiger partial charge < -0.3 is 23.9 Å². The van der Waals surface area contributed by atoms with Crippen LogP contribution in [0, 0.1) is 13.8 Å². The number of benzene rings is 2. The van der Waals surface area contributed by atoms with Crippen molar-refractivity contribution >= 4 is 5.91 Å². The van der Waals surface area contributed by atoms with Crippen LogP contribution in [0.4, 0.5) is 0 Å². The molecule has 8 nitrogen and oxygen atoms in total. The zero-order valence-corrected chi connectivity index (χ0v) is 21.1. The Labute approximate surface area is 215 Å². The first-order valence-electron chi connectivity index (χ1n) is 12.2. The van der Waals surface area contributed by atoms with Crippen molar-refractivity contribution in [2.24, 2.45) is 0 Å². The van der Waals surface area contributed by atoms with E-state index in [2.05, 4.69) is 16.8 Å². The predicted octanol–water partition coefficient (Wildman–Crippen LogP) is 5.70. The van der Waals surface area contributed by atoms with Crippen molar-refractivity contribution in [1.82, 2.24) is 15.1 Å². The molecule has 37 heavy (non-hydrogen) atoms. The molecule has 4 aromatic rings. The third kappa shape index (κ3) is 4.35. The van der Waals surface area contributed by atoms with Crippen molar-refractivity contribution in [3.05, 3.63) is 95.1 Å². The van der Waals surface area contributed by atoms with Gasteiger partial charge in [0.25, 0.3) is 5.91 Å². The Balaban J connectivity index is 1.68. The molecule has 0 spiro atoms. The van der Waals surface area contributed by atoms with Crippen LogP contribution in [0.25, 0.3) is 11.3 Å². The van der Waals surface area contributed by atoms with Crippen LogP contribution >= 0.6 is 0 Å². The van der Waals surface area contributed by atoms with Gasteiger partial charge in [0.05, 0.1) is 25.5 Å². The van der Waals surface area contributed by atoms with E-state index in [1.165, 1.54) is 0 Å². The van der Waals surface area contributed by atoms with Gasteiger partial charge in [0, 0.05) is 11.1 Å². The van der Waals surface area contributed by atoms with E-state index in [-0.39, 0.29) is 18.2 Å². The number of ether oxygens (including phenoxy) is 2. The van der Waals surface area contributed by atoms with E-state index < -0.39 is 6.04 Å². The molecule has 3 heterocycles. The average molecular weight is 500 g/mol. The molecule has 0 radical (unpaired) electrons. The summed E-state index contributed by atoms with van der Waals surface area (Å²) in [7, 11) is 0. The molecule has 0 saturated carbocycles. The summed E-state index contributed by atoms with van der Waals surface area (Å²) in [6, 6.07) is 12.6. The highest BCUT2D eigenvalue weighted by atomic mass is 16.5. The summed E-state index contributed by atoms with van der Waals surface area (Å²) >= 11 is 0. The Kier molecular flexibility index (Phi) is 6.48. The number of carbonyl (C=O) groups excluding carboxylic acids is 1. The molecule has 1 unspecified atom stereocenters. The molecule has 1 aliphatic rings. The van der Waals surface area contributed by atoms with E-state index in [0.29, 0.717) is 53.0 Å². The standard InChI is InChI=1S/C29H29N3O5/c1-5-11-37-22-10-9-19(15-23(22)35-6-2)27-24-25(21-14-17(3)13-18(4)28(21)33)30-31-26(24)29(34)32(27)16-20-8-7-12-36-20/h5,7-10,12-15,27,33H,1,6,11,16H2,2-4H3,(H,30,31). The van der Waals surface area contributed by atoms with Crippen molar-refractivity contribution < 1.29 is 23.8 Å². The number of aromatic amines is 1. The Hall–Kier alpha value is -4.46. The second-order valence-corrected chi connectivity index (χ2v) is 8.99. The molecule has 2 N–H and O–H groups in total. The summed E-state index contributed by atoms with van der Waals surface area (Å²) in [6.07, 6.45) is 3.26. The van der Waals surface area contributed by atoms with E-state index in [1.807, 2.05) is 57.2 Å². The molecular formula is C29H29N3O5. The molecule has 2 aromatic heterocycles. The van der Waals surface area contributed by atoms with Crippen LogP contribution in [0.15, 0.2) is 65.8 Å². The lowest BCUT2D eigenvalue weighted by molar-refractivity contribution is 0.0716. The van der Waals surface area contributed by atoms with Gasteiger partial charge in [0.1, 0.15) is 29.5 Å². The lowest BCUT2D eigenvalue weighted by atomic mass is 9.94. The highest BCUT2D eigenvalue weighted by molar-refractivity contribution is 6.00. The van der Waals surface area contributed by atoms with Crippen LogP contribution in [-0.2, 0) is 6.54 Å². The van der Waals surface area contributed by atoms with Crippen LogP contribution in [-0.4, -0.2) is 39.3 Å². The zero-order valence-electron chi connectivity index (χ0n) is 21.1. The number of aromatic hydroxyl groups is 1. The summed E-state index contributed by atoms with van der Waals surface area (Å²) in [4.78, 5) is 15.4. The van der Waals surface area contributed by atoms with Gasteiger partial charge in [-0.2, -0.15) is 5.10 Å². The number of fused-ring (bicyclic) bond motifs is 1. The molecule has 1 amide bonds. The Morgan fingerprint density at radius 1 is 1.19 bits per heavy atom. The topological polar surface area (TPSA) is 101 Å². The van der Waals surface area contributed by atoms with Gasteiger partial charge in [-0.1, -0.05) is 24.8 Å². The van der Waals surface area contributed by atoms with Crippen LogP contribution in [0.3, 0.4) is 0 Å². The molecule has 0 aliphatic carbocycles. The first kappa shape index (κ1) is 24.2. The number of aryl methyl sites for hydroxylation is 2. The first-order chi connectivity index (χ1) is 17.9. The summed E-state index contributed by atoms with van der Waals surface area (Å²) in [6.45, 7) is 10.5. The van der Waals surface area contributed by atoms with Gasteiger partial charge in [-0.05, 0) is 67.8 Å². The van der Waals surface area contributed by atoms with Crippen LogP contribution in [0.5, 0.6) is 17.2 Å². The van der Waals surface area contributed by atoms with Crippen LogP contribution in [0.2, 0.25) is 0 Å². The summed E-state index contributed by atoms with van der Waals surface area (Å²) < 4.78 is 17.3. The lowest BCUT2D eigenvalue weighted by Gasteiger charge is -2.26. The van der Waals surface area contributed by atoms with Crippen LogP contribution < -0.4 is 9.47 Å². The SMILES string of the molecule is C=CCOc1ccc(C2c3c(-c4cc(C)cc(C)c4O)n[nH]c3C(=O)N2Cc2ccco2)cc1OCC. The Morgan fingerprint density at radius 3 is 2.76 bits per heavy atom. The van der Waals surface area contributed by atoms with Crippen molar-refractivity contribution in [3.8, 4) is 28.5 Å². The van der Waals surface area contributed by atoms with Crippen molar-refractivity contribution in [2.75, 3.05) is 13.2 Å². The van der Waals surface area contributed by atoms with Crippen molar-refractivity contribution in [1.29, 1.82) is 0 Å². The van der Waals surface area contributed by atoms with E-state index >= 15 is 0 Å². The predicted molar refractivity (Wildman–Crippen MR) is 139 cm³/mol. The van der Waals surface area contributed by atoms with Gasteiger partial charge in [0.2, 0.25) is 0 Å². The van der Waals surface area contributed by atoms with Gasteiger partial charge in [-0.25, -0.2) is 0 Å². The fourth-order valence-corrected chi connectivity index (χ4v) is 4.85. The van der Waals surface area contributed by atoms with Gasteiger partial charge in [0.15, 0.2) is 11.5 Å². The number of rotatable bonds is 9. The normalized spacial score (nSPS) is 14.6.